The van der Waals surface area contributed by atoms with Crippen LogP contribution in [0.1, 0.15) is 16.7 Å². The molecule has 0 saturated carbocycles. The van der Waals surface area contributed by atoms with Gasteiger partial charge in [-0.2, -0.15) is 23.7 Å². The molecule has 21 rings (SSSR count). The Morgan fingerprint density at radius 3 is 0.779 bits per heavy atom. The maximum Gasteiger partial charge on any atom is 0.417 e. The van der Waals surface area contributed by atoms with E-state index in [0.717, 1.165) is 160 Å². The molecule has 0 aliphatic carbocycles. The van der Waals surface area contributed by atoms with Crippen LogP contribution in [-0.4, -0.2) is 27.4 Å². The van der Waals surface area contributed by atoms with Gasteiger partial charge in [0.1, 0.15) is 0 Å². The number of alkyl halides is 3. The highest BCUT2D eigenvalue weighted by molar-refractivity contribution is 6.17. The molecule has 0 amide bonds. The second kappa shape index (κ2) is 22.2. The standard InChI is InChI=1S/C93H53F3N8/c94-93(95,96)78-48-57(55-98)33-40-63(78)58-35-42-88(104-91-45-38-61(101-83-29-13-5-21-68(83)69-22-6-14-30-84(69)101)52-76(91)77-53-62(39-46-92(77)104)102-85-31-15-7-23-70(85)71-24-8-16-32-86(71)102)73(49-58)72-47-56(54-97)34-41-87(72)103-89-43-36-59(99-79-25-9-1-17-64(79)65-18-2-10-26-80(65)99)50-74(89)75-51-60(37-44-90(75)103)100-81-27-11-3-19-66(81)67-20-4-12-28-82(67)100/h1-53H. The number of benzene rings is 15. The molecule has 0 spiro atoms. The van der Waals surface area contributed by atoms with Gasteiger partial charge in [0.05, 0.1) is 106 Å². The van der Waals surface area contributed by atoms with Gasteiger partial charge in [0.15, 0.2) is 0 Å². The quantitative estimate of drug-likeness (QED) is 0.152. The number of halogens is 3. The zero-order valence-corrected chi connectivity index (χ0v) is 55.3. The molecule has 0 fully saturated rings. The first-order chi connectivity index (χ1) is 51.1. The summed E-state index contributed by atoms with van der Waals surface area (Å²) < 4.78 is 61.1. The topological polar surface area (TPSA) is 77.2 Å². The lowest BCUT2D eigenvalue weighted by Crippen LogP contribution is -2.08. The Balaban J connectivity index is 0.868. The number of fused-ring (bicyclic) bond motifs is 18. The summed E-state index contributed by atoms with van der Waals surface area (Å²) in [6, 6.07) is 114. The van der Waals surface area contributed by atoms with E-state index in [1.807, 2.05) is 36.4 Å². The summed E-state index contributed by atoms with van der Waals surface area (Å²) in [4.78, 5) is 0. The minimum Gasteiger partial charge on any atom is -0.309 e. The Hall–Kier alpha value is -14.1. The van der Waals surface area contributed by atoms with E-state index in [-0.39, 0.29) is 16.7 Å². The summed E-state index contributed by atoms with van der Waals surface area (Å²) in [5, 5.41) is 34.2. The van der Waals surface area contributed by atoms with Crippen molar-refractivity contribution >= 4 is 131 Å². The molecule has 11 heteroatoms. The Bertz CT molecular complexity index is 6840. The van der Waals surface area contributed by atoms with Crippen molar-refractivity contribution in [2.45, 2.75) is 6.18 Å². The third-order valence-electron chi connectivity index (χ3n) is 21.5. The molecule has 0 unspecified atom stereocenters. The third kappa shape index (κ3) is 8.53. The fraction of sp³-hybridized carbons (Fsp3) is 0.0108. The normalized spacial score (nSPS) is 12.2. The second-order valence-electron chi connectivity index (χ2n) is 26.9. The van der Waals surface area contributed by atoms with Crippen molar-refractivity contribution in [3.05, 3.63) is 338 Å². The van der Waals surface area contributed by atoms with Gasteiger partial charge < -0.3 is 27.4 Å². The minimum absolute atomic E-state index is 0.0943. The summed E-state index contributed by atoms with van der Waals surface area (Å²) in [6.45, 7) is 0. The van der Waals surface area contributed by atoms with Crippen molar-refractivity contribution in [2.75, 3.05) is 0 Å². The van der Waals surface area contributed by atoms with Gasteiger partial charge in [-0.15, -0.1) is 0 Å². The first-order valence-corrected chi connectivity index (χ1v) is 34.6. The summed E-state index contributed by atoms with van der Waals surface area (Å²) in [5.74, 6) is 0. The zero-order valence-electron chi connectivity index (χ0n) is 55.3. The van der Waals surface area contributed by atoms with Gasteiger partial charge in [0, 0.05) is 98.5 Å². The predicted octanol–water partition coefficient (Wildman–Crippen LogP) is 24.4. The molecule has 0 aliphatic heterocycles. The van der Waals surface area contributed by atoms with Crippen LogP contribution >= 0.6 is 0 Å². The van der Waals surface area contributed by atoms with E-state index in [4.69, 9.17) is 0 Å². The number of rotatable bonds is 8. The molecule has 486 valence electrons. The van der Waals surface area contributed by atoms with Crippen molar-refractivity contribution in [2.24, 2.45) is 0 Å². The number of hydrogen-bond donors (Lipinski definition) is 0. The SMILES string of the molecule is N#Cc1ccc(-n2c3ccc(-n4c5ccccc5c5ccccc54)cc3c3cc(-n4c5ccccc5c5ccccc54)ccc32)c(-c2cc(-c3ccc(C#N)cc3C(F)(F)F)ccc2-n2c3ccc(-n4c5ccccc5c5ccccc54)cc3c3cc(-n4c5ccccc5c5ccccc54)ccc32)c1. The van der Waals surface area contributed by atoms with E-state index in [2.05, 4.69) is 300 Å². The lowest BCUT2D eigenvalue weighted by molar-refractivity contribution is -0.137. The molecule has 0 N–H and O–H groups in total. The number of nitriles is 2. The van der Waals surface area contributed by atoms with Crippen molar-refractivity contribution in [1.29, 1.82) is 10.5 Å². The molecule has 0 saturated heterocycles. The van der Waals surface area contributed by atoms with Crippen LogP contribution in [0, 0.1) is 22.7 Å². The fourth-order valence-electron chi connectivity index (χ4n) is 17.1. The summed E-state index contributed by atoms with van der Waals surface area (Å²) in [6.07, 6.45) is -4.83. The monoisotopic (exact) mass is 1340 g/mol. The largest absolute Gasteiger partial charge is 0.417 e. The predicted molar refractivity (Wildman–Crippen MR) is 418 cm³/mol. The lowest BCUT2D eigenvalue weighted by Gasteiger charge is -2.21. The maximum absolute atomic E-state index is 15.8. The van der Waals surface area contributed by atoms with E-state index < -0.39 is 11.7 Å². The molecule has 6 aromatic heterocycles. The molecule has 15 aromatic carbocycles. The van der Waals surface area contributed by atoms with Crippen molar-refractivity contribution in [3.8, 4) is 68.5 Å². The Morgan fingerprint density at radius 1 is 0.221 bits per heavy atom. The van der Waals surface area contributed by atoms with E-state index in [1.54, 1.807) is 6.07 Å². The highest BCUT2D eigenvalue weighted by Gasteiger charge is 2.35. The van der Waals surface area contributed by atoms with Gasteiger partial charge in [-0.1, -0.05) is 158 Å². The smallest absolute Gasteiger partial charge is 0.309 e. The van der Waals surface area contributed by atoms with Crippen LogP contribution in [0.5, 0.6) is 0 Å². The Morgan fingerprint density at radius 2 is 0.481 bits per heavy atom. The summed E-state index contributed by atoms with van der Waals surface area (Å²) in [5.41, 5.74) is 17.7. The molecule has 104 heavy (non-hydrogen) atoms. The van der Waals surface area contributed by atoms with Crippen LogP contribution < -0.4 is 0 Å². The average Bonchev–Trinajstić information content (AvgIpc) is 1.49. The number of hydrogen-bond acceptors (Lipinski definition) is 2. The first kappa shape index (κ1) is 58.8. The maximum atomic E-state index is 15.8. The van der Waals surface area contributed by atoms with Gasteiger partial charge in [-0.05, 0) is 175 Å². The number of aromatic nitrogens is 6. The van der Waals surface area contributed by atoms with Gasteiger partial charge in [0.2, 0.25) is 0 Å². The molecular formula is C93H53F3N8. The minimum atomic E-state index is -4.83. The lowest BCUT2D eigenvalue weighted by atomic mass is 9.92. The average molecular weight is 1340 g/mol. The Kier molecular flexibility index (Phi) is 12.5. The van der Waals surface area contributed by atoms with Gasteiger partial charge in [-0.3, -0.25) is 0 Å². The van der Waals surface area contributed by atoms with Crippen LogP contribution in [0.2, 0.25) is 0 Å². The molecule has 21 aromatic rings. The van der Waals surface area contributed by atoms with Gasteiger partial charge in [-0.25, -0.2) is 0 Å². The van der Waals surface area contributed by atoms with Crippen molar-refractivity contribution in [3.63, 3.8) is 0 Å². The molecule has 0 atom stereocenters. The highest BCUT2D eigenvalue weighted by Crippen LogP contribution is 2.48. The van der Waals surface area contributed by atoms with Gasteiger partial charge >= 0.3 is 6.18 Å². The van der Waals surface area contributed by atoms with Crippen LogP contribution in [0.25, 0.3) is 187 Å². The van der Waals surface area contributed by atoms with Crippen LogP contribution in [-0.2, 0) is 6.18 Å². The number of nitrogens with zero attached hydrogens (tertiary/aromatic N) is 8. The van der Waals surface area contributed by atoms with Crippen LogP contribution in [0.3, 0.4) is 0 Å². The first-order valence-electron chi connectivity index (χ1n) is 34.6. The molecule has 8 nitrogen and oxygen atoms in total. The molecule has 0 bridgehead atoms. The van der Waals surface area contributed by atoms with Crippen molar-refractivity contribution < 1.29 is 13.2 Å². The third-order valence-corrected chi connectivity index (χ3v) is 21.5. The van der Waals surface area contributed by atoms with Crippen molar-refractivity contribution in [1.82, 2.24) is 27.4 Å². The second-order valence-corrected chi connectivity index (χ2v) is 26.9. The number of para-hydroxylation sites is 8. The molecule has 0 aliphatic rings. The van der Waals surface area contributed by atoms with E-state index >= 15 is 13.2 Å². The summed E-state index contributed by atoms with van der Waals surface area (Å²) >= 11 is 0. The van der Waals surface area contributed by atoms with E-state index in [1.165, 1.54) is 12.1 Å². The zero-order chi connectivity index (χ0) is 69.2. The van der Waals surface area contributed by atoms with Gasteiger partial charge in [0.25, 0.3) is 0 Å². The van der Waals surface area contributed by atoms with Crippen LogP contribution in [0.15, 0.2) is 322 Å². The summed E-state index contributed by atoms with van der Waals surface area (Å²) in [7, 11) is 0. The van der Waals surface area contributed by atoms with Crippen LogP contribution in [0.4, 0.5) is 13.2 Å². The highest BCUT2D eigenvalue weighted by atomic mass is 19.4. The fourth-order valence-corrected chi connectivity index (χ4v) is 17.1. The molecule has 6 heterocycles. The van der Waals surface area contributed by atoms with E-state index in [9.17, 15) is 10.5 Å². The molecule has 0 radical (unpaired) electrons. The molecular weight excluding hydrogens is 1290 g/mol. The Labute approximate surface area is 591 Å². The van der Waals surface area contributed by atoms with E-state index in [0.29, 0.717) is 28.1 Å².